The largest absolute Gasteiger partial charge is 0.309 e. The third-order valence-corrected chi connectivity index (χ3v) is 5.67. The lowest BCUT2D eigenvalue weighted by atomic mass is 10.1. The third-order valence-electron chi connectivity index (χ3n) is 3.36. The maximum absolute atomic E-state index is 11.3. The lowest BCUT2D eigenvalue weighted by Gasteiger charge is -2.17. The molecule has 0 aliphatic carbocycles. The van der Waals surface area contributed by atoms with Gasteiger partial charge in [0, 0.05) is 17.8 Å². The van der Waals surface area contributed by atoms with Crippen molar-refractivity contribution in [3.05, 3.63) is 29.8 Å². The molecule has 1 heterocycles. The number of primary sulfonamides is 1. The summed E-state index contributed by atoms with van der Waals surface area (Å²) in [6.07, 6.45) is 2.56. The Hall–Kier alpha value is -0.560. The molecule has 0 saturated carbocycles. The summed E-state index contributed by atoms with van der Waals surface area (Å²) in [5, 5.41) is 9.29. The topological polar surface area (TPSA) is 72.2 Å². The van der Waals surface area contributed by atoms with Gasteiger partial charge in [-0.1, -0.05) is 12.1 Å². The lowest BCUT2D eigenvalue weighted by Crippen LogP contribution is -2.26. The molecular formula is C13H20N2O2S2. The van der Waals surface area contributed by atoms with E-state index in [1.807, 2.05) is 24.8 Å². The fraction of sp³-hybridized carbons (Fsp3) is 0.538. The summed E-state index contributed by atoms with van der Waals surface area (Å²) >= 11 is 2.01. The zero-order chi connectivity index (χ0) is 13.9. The Morgan fingerprint density at radius 3 is 2.95 bits per heavy atom. The second kappa shape index (κ2) is 6.26. The predicted octanol–water partition coefficient (Wildman–Crippen LogP) is 1.88. The Bertz CT molecular complexity index is 525. The highest BCUT2D eigenvalue weighted by atomic mass is 32.2. The van der Waals surface area contributed by atoms with Crippen molar-refractivity contribution in [2.45, 2.75) is 36.0 Å². The zero-order valence-electron chi connectivity index (χ0n) is 11.0. The highest BCUT2D eigenvalue weighted by Gasteiger charge is 2.17. The van der Waals surface area contributed by atoms with Gasteiger partial charge in [0.15, 0.2) is 0 Å². The number of hydrogen-bond acceptors (Lipinski definition) is 4. The second-order valence-corrected chi connectivity index (χ2v) is 7.85. The van der Waals surface area contributed by atoms with Crippen LogP contribution in [-0.4, -0.2) is 26.0 Å². The summed E-state index contributed by atoms with van der Waals surface area (Å²) in [5.41, 5.74) is 0.953. The number of benzene rings is 1. The molecule has 2 unspecified atom stereocenters. The van der Waals surface area contributed by atoms with Crippen LogP contribution < -0.4 is 10.5 Å². The molecule has 3 N–H and O–H groups in total. The van der Waals surface area contributed by atoms with E-state index in [1.54, 1.807) is 12.1 Å². The van der Waals surface area contributed by atoms with Gasteiger partial charge in [0.25, 0.3) is 0 Å². The quantitative estimate of drug-likeness (QED) is 0.871. The molecule has 6 heteroatoms. The number of nitrogens with two attached hydrogens (primary N) is 1. The molecule has 1 fully saturated rings. The standard InChI is InChI=1S/C13H20N2O2S2/c1-10(15-9-12-5-3-7-18-12)11-4-2-6-13(8-11)19(14,16)17/h2,4,6,8,10,12,15H,3,5,7,9H2,1H3,(H2,14,16,17). The number of thioether (sulfide) groups is 1. The average molecular weight is 300 g/mol. The molecule has 2 atom stereocenters. The molecule has 2 rings (SSSR count). The first kappa shape index (κ1) is 14.8. The molecule has 0 spiro atoms. The van der Waals surface area contributed by atoms with Crippen LogP contribution in [0.25, 0.3) is 0 Å². The highest BCUT2D eigenvalue weighted by molar-refractivity contribution is 8.00. The maximum atomic E-state index is 11.3. The summed E-state index contributed by atoms with van der Waals surface area (Å²) in [7, 11) is -3.62. The van der Waals surface area contributed by atoms with E-state index in [1.165, 1.54) is 24.7 Å². The van der Waals surface area contributed by atoms with Gasteiger partial charge in [0.05, 0.1) is 4.90 Å². The minimum atomic E-state index is -3.62. The van der Waals surface area contributed by atoms with Gasteiger partial charge in [-0.05, 0) is 43.2 Å². The Morgan fingerprint density at radius 1 is 1.53 bits per heavy atom. The summed E-state index contributed by atoms with van der Waals surface area (Å²) in [4.78, 5) is 0.175. The smallest absolute Gasteiger partial charge is 0.238 e. The normalized spacial score (nSPS) is 21.5. The van der Waals surface area contributed by atoms with Crippen molar-refractivity contribution in [2.24, 2.45) is 5.14 Å². The van der Waals surface area contributed by atoms with Crippen LogP contribution in [0.15, 0.2) is 29.2 Å². The van der Waals surface area contributed by atoms with Crippen LogP contribution in [0.4, 0.5) is 0 Å². The number of hydrogen-bond donors (Lipinski definition) is 2. The van der Waals surface area contributed by atoms with Crippen LogP contribution >= 0.6 is 11.8 Å². The van der Waals surface area contributed by atoms with Crippen molar-refractivity contribution in [3.63, 3.8) is 0 Å². The van der Waals surface area contributed by atoms with Crippen molar-refractivity contribution >= 4 is 21.8 Å². The highest BCUT2D eigenvalue weighted by Crippen LogP contribution is 2.26. The van der Waals surface area contributed by atoms with E-state index in [0.717, 1.165) is 12.1 Å². The molecule has 0 bridgehead atoms. The van der Waals surface area contributed by atoms with Crippen molar-refractivity contribution in [1.82, 2.24) is 5.32 Å². The van der Waals surface area contributed by atoms with Gasteiger partial charge in [0.2, 0.25) is 10.0 Å². The fourth-order valence-corrected chi connectivity index (χ4v) is 3.97. The van der Waals surface area contributed by atoms with Gasteiger partial charge >= 0.3 is 0 Å². The molecule has 1 saturated heterocycles. The number of sulfonamides is 1. The predicted molar refractivity (Wildman–Crippen MR) is 79.7 cm³/mol. The first-order valence-electron chi connectivity index (χ1n) is 6.44. The minimum Gasteiger partial charge on any atom is -0.309 e. The molecule has 1 aromatic rings. The lowest BCUT2D eigenvalue weighted by molar-refractivity contribution is 0.558. The van der Waals surface area contributed by atoms with Crippen LogP contribution in [0.5, 0.6) is 0 Å². The van der Waals surface area contributed by atoms with Gasteiger partial charge in [-0.15, -0.1) is 0 Å². The van der Waals surface area contributed by atoms with Gasteiger partial charge in [0.1, 0.15) is 0 Å². The molecule has 1 aliphatic rings. The Balaban J connectivity index is 2.00. The third kappa shape index (κ3) is 4.21. The van der Waals surface area contributed by atoms with E-state index < -0.39 is 10.0 Å². The molecule has 4 nitrogen and oxygen atoms in total. The number of rotatable bonds is 5. The second-order valence-electron chi connectivity index (χ2n) is 4.88. The maximum Gasteiger partial charge on any atom is 0.238 e. The molecular weight excluding hydrogens is 280 g/mol. The summed E-state index contributed by atoms with van der Waals surface area (Å²) in [6, 6.07) is 6.96. The van der Waals surface area contributed by atoms with Crippen LogP contribution in [0.1, 0.15) is 31.4 Å². The van der Waals surface area contributed by atoms with Crippen LogP contribution in [0.3, 0.4) is 0 Å². The van der Waals surface area contributed by atoms with Crippen LogP contribution in [0.2, 0.25) is 0 Å². The molecule has 106 valence electrons. The van der Waals surface area contributed by atoms with Crippen LogP contribution in [-0.2, 0) is 10.0 Å². The Labute approximate surface area is 119 Å². The molecule has 19 heavy (non-hydrogen) atoms. The van der Waals surface area contributed by atoms with E-state index in [0.29, 0.717) is 5.25 Å². The summed E-state index contributed by atoms with van der Waals surface area (Å²) < 4.78 is 22.7. The first-order valence-corrected chi connectivity index (χ1v) is 9.04. The first-order chi connectivity index (χ1) is 8.97. The number of nitrogens with one attached hydrogen (secondary N) is 1. The van der Waals surface area contributed by atoms with E-state index in [-0.39, 0.29) is 10.9 Å². The monoisotopic (exact) mass is 300 g/mol. The van der Waals surface area contributed by atoms with Crippen molar-refractivity contribution in [1.29, 1.82) is 0 Å². The van der Waals surface area contributed by atoms with Gasteiger partial charge < -0.3 is 5.32 Å². The molecule has 0 aromatic heterocycles. The summed E-state index contributed by atoms with van der Waals surface area (Å²) in [6.45, 7) is 3.01. The fourth-order valence-electron chi connectivity index (χ4n) is 2.19. The van der Waals surface area contributed by atoms with E-state index in [2.05, 4.69) is 5.32 Å². The van der Waals surface area contributed by atoms with Crippen molar-refractivity contribution in [2.75, 3.05) is 12.3 Å². The van der Waals surface area contributed by atoms with Gasteiger partial charge in [-0.25, -0.2) is 13.6 Å². The Morgan fingerprint density at radius 2 is 2.32 bits per heavy atom. The van der Waals surface area contributed by atoms with Crippen LogP contribution in [0, 0.1) is 0 Å². The van der Waals surface area contributed by atoms with E-state index in [4.69, 9.17) is 5.14 Å². The van der Waals surface area contributed by atoms with Gasteiger partial charge in [-0.2, -0.15) is 11.8 Å². The molecule has 0 amide bonds. The minimum absolute atomic E-state index is 0.128. The molecule has 0 radical (unpaired) electrons. The van der Waals surface area contributed by atoms with Gasteiger partial charge in [-0.3, -0.25) is 0 Å². The summed E-state index contributed by atoms with van der Waals surface area (Å²) in [5.74, 6) is 1.25. The van der Waals surface area contributed by atoms with Crippen molar-refractivity contribution < 1.29 is 8.42 Å². The van der Waals surface area contributed by atoms with E-state index in [9.17, 15) is 8.42 Å². The molecule has 1 aromatic carbocycles. The SMILES string of the molecule is CC(NCC1CCCS1)c1cccc(S(N)(=O)=O)c1. The molecule has 1 aliphatic heterocycles. The van der Waals surface area contributed by atoms with Crippen molar-refractivity contribution in [3.8, 4) is 0 Å². The Kier molecular flexibility index (Phi) is 4.89. The van der Waals surface area contributed by atoms with E-state index >= 15 is 0 Å². The zero-order valence-corrected chi connectivity index (χ0v) is 12.6. The average Bonchev–Trinajstić information content (AvgIpc) is 2.88.